The molecule has 1 spiro atoms. The van der Waals surface area contributed by atoms with Crippen molar-refractivity contribution in [2.24, 2.45) is 10.9 Å². The summed E-state index contributed by atoms with van der Waals surface area (Å²) in [6.45, 7) is 1.37. The number of carbonyl (C=O) groups is 1. The molecule has 0 saturated carbocycles. The van der Waals surface area contributed by atoms with Gasteiger partial charge in [0, 0.05) is 53.3 Å². The van der Waals surface area contributed by atoms with E-state index < -0.39 is 5.41 Å². The number of pyridine rings is 2. The van der Waals surface area contributed by atoms with E-state index in [2.05, 4.69) is 35.6 Å². The Labute approximate surface area is 190 Å². The molecule has 5 nitrogen and oxygen atoms in total. The van der Waals surface area contributed by atoms with Crippen LogP contribution in [-0.4, -0.2) is 34.6 Å². The SMILES string of the molecule is O=C1c2ccccc2C[C@]23C4=C(CCN=C4c4nccc5c4c2nc2ccccc25)NC[C@@H]13. The van der Waals surface area contributed by atoms with E-state index in [1.54, 1.807) is 0 Å². The van der Waals surface area contributed by atoms with Crippen LogP contribution in [0.1, 0.15) is 33.7 Å². The summed E-state index contributed by atoms with van der Waals surface area (Å²) in [7, 11) is 0. The van der Waals surface area contributed by atoms with Gasteiger partial charge < -0.3 is 5.32 Å². The molecule has 0 radical (unpaired) electrons. The summed E-state index contributed by atoms with van der Waals surface area (Å²) < 4.78 is 0. The number of aliphatic imine (C=N–C) groups is 1. The summed E-state index contributed by atoms with van der Waals surface area (Å²) in [6.07, 6.45) is 3.51. The van der Waals surface area contributed by atoms with Gasteiger partial charge in [-0.2, -0.15) is 0 Å². The Hall–Kier alpha value is -3.86. The molecule has 0 unspecified atom stereocenters. The standard InChI is InChI=1S/C28H20N4O/c33-26-16-6-2-1-5-15(16)13-28-19(26)14-31-21-10-12-30-25(23(21)28)24-22-18(9-11-29-24)17-7-3-4-8-20(17)32-27(22)28/h1-9,11,19,31H,10,12-14H2/t19-,28-/m0/s1. The summed E-state index contributed by atoms with van der Waals surface area (Å²) in [5.74, 6) is -0.0176. The summed E-state index contributed by atoms with van der Waals surface area (Å²) in [6, 6.07) is 18.5. The van der Waals surface area contributed by atoms with Gasteiger partial charge >= 0.3 is 0 Å². The monoisotopic (exact) mass is 428 g/mol. The summed E-state index contributed by atoms with van der Waals surface area (Å²) in [4.78, 5) is 29.1. The van der Waals surface area contributed by atoms with Crippen LogP contribution in [0.15, 0.2) is 77.1 Å². The highest BCUT2D eigenvalue weighted by atomic mass is 16.1. The number of fused-ring (bicyclic) bond motifs is 4. The molecule has 2 aromatic heterocycles. The van der Waals surface area contributed by atoms with Crippen LogP contribution in [-0.2, 0) is 11.8 Å². The quantitative estimate of drug-likeness (QED) is 0.428. The number of aromatic nitrogens is 2. The van der Waals surface area contributed by atoms with Gasteiger partial charge in [-0.25, -0.2) is 0 Å². The van der Waals surface area contributed by atoms with Gasteiger partial charge in [-0.3, -0.25) is 19.8 Å². The summed E-state index contributed by atoms with van der Waals surface area (Å²) >= 11 is 0. The molecular formula is C28H20N4O. The Morgan fingerprint density at radius 1 is 1.00 bits per heavy atom. The second-order valence-corrected chi connectivity index (χ2v) is 9.50. The number of allylic oxidation sites excluding steroid dienone is 1. The van der Waals surface area contributed by atoms with Crippen molar-refractivity contribution in [3.63, 3.8) is 0 Å². The Balaban J connectivity index is 1.60. The van der Waals surface area contributed by atoms with Crippen LogP contribution in [0.3, 0.4) is 0 Å². The molecule has 4 aromatic rings. The number of ketones is 1. The molecule has 5 heteroatoms. The van der Waals surface area contributed by atoms with Crippen LogP contribution in [0, 0.1) is 5.92 Å². The summed E-state index contributed by atoms with van der Waals surface area (Å²) in [5.41, 5.74) is 7.63. The highest BCUT2D eigenvalue weighted by Crippen LogP contribution is 2.56. The van der Waals surface area contributed by atoms with Crippen molar-refractivity contribution in [3.8, 4) is 0 Å². The van der Waals surface area contributed by atoms with Crippen LogP contribution in [0.25, 0.3) is 21.7 Å². The molecule has 2 aliphatic carbocycles. The van der Waals surface area contributed by atoms with Crippen molar-refractivity contribution in [2.45, 2.75) is 18.3 Å². The lowest BCUT2D eigenvalue weighted by Gasteiger charge is -2.52. The Morgan fingerprint density at radius 2 is 1.88 bits per heavy atom. The van der Waals surface area contributed by atoms with Gasteiger partial charge in [0.15, 0.2) is 5.78 Å². The van der Waals surface area contributed by atoms with Crippen molar-refractivity contribution in [1.82, 2.24) is 15.3 Å². The second-order valence-electron chi connectivity index (χ2n) is 9.50. The fourth-order valence-electron chi connectivity index (χ4n) is 6.75. The van der Waals surface area contributed by atoms with Crippen molar-refractivity contribution >= 4 is 33.2 Å². The maximum Gasteiger partial charge on any atom is 0.169 e. The van der Waals surface area contributed by atoms with E-state index in [1.807, 2.05) is 30.5 Å². The molecule has 1 N–H and O–H groups in total. The lowest BCUT2D eigenvalue weighted by Crippen LogP contribution is -2.58. The molecule has 4 heterocycles. The predicted molar refractivity (Wildman–Crippen MR) is 128 cm³/mol. The number of carbonyl (C=O) groups excluding carboxylic acids is 1. The van der Waals surface area contributed by atoms with E-state index in [0.717, 1.165) is 74.9 Å². The molecule has 2 atom stereocenters. The van der Waals surface area contributed by atoms with Gasteiger partial charge in [0.1, 0.15) is 0 Å². The first-order valence-corrected chi connectivity index (χ1v) is 11.6. The maximum absolute atomic E-state index is 14.0. The van der Waals surface area contributed by atoms with Crippen molar-refractivity contribution in [1.29, 1.82) is 0 Å². The molecule has 0 fully saturated rings. The van der Waals surface area contributed by atoms with Gasteiger partial charge in [0.05, 0.1) is 33.9 Å². The number of nitrogens with zero attached hydrogens (tertiary/aromatic N) is 3. The topological polar surface area (TPSA) is 67.2 Å². The van der Waals surface area contributed by atoms with Crippen molar-refractivity contribution in [2.75, 3.05) is 13.1 Å². The molecular weight excluding hydrogens is 408 g/mol. The van der Waals surface area contributed by atoms with Gasteiger partial charge in [0.25, 0.3) is 0 Å². The highest BCUT2D eigenvalue weighted by molar-refractivity contribution is 6.26. The number of Topliss-reactive ketones (excluding diaryl/α,β-unsaturated/α-hetero) is 1. The number of rotatable bonds is 0. The van der Waals surface area contributed by atoms with Crippen LogP contribution >= 0.6 is 0 Å². The van der Waals surface area contributed by atoms with Crippen molar-refractivity contribution < 1.29 is 4.79 Å². The van der Waals surface area contributed by atoms with Gasteiger partial charge in [0.2, 0.25) is 0 Å². The Kier molecular flexibility index (Phi) is 3.17. The zero-order valence-electron chi connectivity index (χ0n) is 17.9. The zero-order valence-corrected chi connectivity index (χ0v) is 17.9. The van der Waals surface area contributed by atoms with Crippen LogP contribution in [0.5, 0.6) is 0 Å². The van der Waals surface area contributed by atoms with Gasteiger partial charge in [-0.1, -0.05) is 42.5 Å². The fraction of sp³-hybridized carbons (Fsp3) is 0.214. The lowest BCUT2D eigenvalue weighted by molar-refractivity contribution is 0.0832. The summed E-state index contributed by atoms with van der Waals surface area (Å²) in [5, 5.41) is 6.96. The van der Waals surface area contributed by atoms with E-state index in [4.69, 9.17) is 15.0 Å². The maximum atomic E-state index is 14.0. The first-order valence-electron chi connectivity index (χ1n) is 11.6. The minimum Gasteiger partial charge on any atom is -0.387 e. The third-order valence-corrected chi connectivity index (χ3v) is 8.06. The van der Waals surface area contributed by atoms with E-state index >= 15 is 0 Å². The second kappa shape index (κ2) is 5.93. The minimum absolute atomic E-state index is 0.205. The minimum atomic E-state index is -0.524. The average Bonchev–Trinajstić information content (AvgIpc) is 2.87. The molecule has 8 rings (SSSR count). The molecule has 4 aliphatic rings. The largest absolute Gasteiger partial charge is 0.387 e. The Bertz CT molecular complexity index is 1630. The molecule has 0 bridgehead atoms. The van der Waals surface area contributed by atoms with Gasteiger partial charge in [-0.15, -0.1) is 0 Å². The molecule has 33 heavy (non-hydrogen) atoms. The Morgan fingerprint density at radius 3 is 2.85 bits per heavy atom. The van der Waals surface area contributed by atoms with E-state index in [1.165, 1.54) is 5.70 Å². The van der Waals surface area contributed by atoms with Gasteiger partial charge in [-0.05, 0) is 29.5 Å². The smallest absolute Gasteiger partial charge is 0.169 e. The molecule has 158 valence electrons. The highest BCUT2D eigenvalue weighted by Gasteiger charge is 2.59. The fourth-order valence-corrected chi connectivity index (χ4v) is 6.75. The van der Waals surface area contributed by atoms with Crippen LogP contribution in [0.4, 0.5) is 0 Å². The average molecular weight is 428 g/mol. The molecule has 2 aliphatic heterocycles. The molecule has 2 aromatic carbocycles. The van der Waals surface area contributed by atoms with Crippen LogP contribution < -0.4 is 5.32 Å². The number of hydrogen-bond acceptors (Lipinski definition) is 5. The number of para-hydroxylation sites is 1. The lowest BCUT2D eigenvalue weighted by atomic mass is 9.53. The number of hydrogen-bond donors (Lipinski definition) is 1. The van der Waals surface area contributed by atoms with E-state index in [-0.39, 0.29) is 11.7 Å². The number of benzene rings is 2. The third-order valence-electron chi connectivity index (χ3n) is 8.06. The van der Waals surface area contributed by atoms with E-state index in [0.29, 0.717) is 6.54 Å². The number of dihydropyridines is 1. The molecule has 0 saturated heterocycles. The van der Waals surface area contributed by atoms with Crippen molar-refractivity contribution in [3.05, 3.63) is 94.6 Å². The first-order chi connectivity index (χ1) is 16.3. The van der Waals surface area contributed by atoms with Crippen LogP contribution in [0.2, 0.25) is 0 Å². The first kappa shape index (κ1) is 17.7. The zero-order chi connectivity index (χ0) is 21.7. The number of nitrogens with one attached hydrogen (secondary N) is 1. The third kappa shape index (κ3) is 2.00. The molecule has 0 amide bonds. The predicted octanol–water partition coefficient (Wildman–Crippen LogP) is 4.14. The normalized spacial score (nSPS) is 24.7. The van der Waals surface area contributed by atoms with E-state index in [9.17, 15) is 4.79 Å².